The number of nitrogens with zero attached hydrogens (tertiary/aromatic N) is 2. The third kappa shape index (κ3) is 3.14. The summed E-state index contributed by atoms with van der Waals surface area (Å²) in [4.78, 5) is 12.6. The highest BCUT2D eigenvalue weighted by Gasteiger charge is 2.34. The molecule has 1 saturated heterocycles. The van der Waals surface area contributed by atoms with Crippen molar-refractivity contribution >= 4 is 15.9 Å². The van der Waals surface area contributed by atoms with Gasteiger partial charge in [-0.2, -0.15) is 4.31 Å². The Balaban J connectivity index is 1.76. The van der Waals surface area contributed by atoms with Crippen molar-refractivity contribution in [3.63, 3.8) is 0 Å². The Labute approximate surface area is 141 Å². The van der Waals surface area contributed by atoms with E-state index in [4.69, 9.17) is 4.42 Å². The number of furan rings is 1. The molecular formula is C15H13F3N2O4S. The van der Waals surface area contributed by atoms with Crippen molar-refractivity contribution in [1.82, 2.24) is 9.21 Å². The second-order valence-corrected chi connectivity index (χ2v) is 7.25. The molecule has 2 aromatic rings. The van der Waals surface area contributed by atoms with E-state index in [1.54, 1.807) is 6.07 Å². The Hall–Kier alpha value is -2.33. The molecule has 1 aliphatic heterocycles. The van der Waals surface area contributed by atoms with Crippen LogP contribution in [0.5, 0.6) is 0 Å². The van der Waals surface area contributed by atoms with Crippen LogP contribution in [0.4, 0.5) is 13.2 Å². The molecule has 0 aliphatic carbocycles. The average molecular weight is 374 g/mol. The van der Waals surface area contributed by atoms with Crippen molar-refractivity contribution in [2.45, 2.75) is 4.90 Å². The molecule has 0 radical (unpaired) electrons. The van der Waals surface area contributed by atoms with Gasteiger partial charge in [-0.3, -0.25) is 4.79 Å². The summed E-state index contributed by atoms with van der Waals surface area (Å²) in [6.07, 6.45) is 1.35. The molecule has 0 atom stereocenters. The molecule has 0 N–H and O–H groups in total. The fourth-order valence-electron chi connectivity index (χ4n) is 2.53. The number of hydrogen-bond acceptors (Lipinski definition) is 4. The molecule has 10 heteroatoms. The summed E-state index contributed by atoms with van der Waals surface area (Å²) < 4.78 is 70.9. The minimum atomic E-state index is -4.34. The van der Waals surface area contributed by atoms with Gasteiger partial charge in [-0.15, -0.1) is 0 Å². The zero-order valence-electron chi connectivity index (χ0n) is 12.8. The SMILES string of the molecule is O=C(c1ccco1)N1CCN(S(=O)(=O)c2ccc(F)c(F)c2F)CC1. The Bertz CT molecular complexity index is 892. The van der Waals surface area contributed by atoms with Crippen LogP contribution in [-0.4, -0.2) is 49.7 Å². The summed E-state index contributed by atoms with van der Waals surface area (Å²) in [7, 11) is -4.34. The van der Waals surface area contributed by atoms with Crippen LogP contribution in [0.1, 0.15) is 10.6 Å². The summed E-state index contributed by atoms with van der Waals surface area (Å²) >= 11 is 0. The number of halogens is 3. The van der Waals surface area contributed by atoms with Crippen LogP contribution >= 0.6 is 0 Å². The van der Waals surface area contributed by atoms with Gasteiger partial charge in [0.1, 0.15) is 4.90 Å². The van der Waals surface area contributed by atoms with Crippen LogP contribution in [0, 0.1) is 17.5 Å². The lowest BCUT2D eigenvalue weighted by Gasteiger charge is -2.33. The van der Waals surface area contributed by atoms with E-state index in [-0.39, 0.29) is 37.8 Å². The first-order valence-corrected chi connectivity index (χ1v) is 8.73. The maximum absolute atomic E-state index is 13.8. The molecule has 0 bridgehead atoms. The lowest BCUT2D eigenvalue weighted by molar-refractivity contribution is 0.0666. The highest BCUT2D eigenvalue weighted by atomic mass is 32.2. The van der Waals surface area contributed by atoms with Crippen molar-refractivity contribution < 1.29 is 30.8 Å². The monoisotopic (exact) mass is 374 g/mol. The van der Waals surface area contributed by atoms with Crippen LogP contribution in [0.3, 0.4) is 0 Å². The number of hydrogen-bond donors (Lipinski definition) is 0. The first-order valence-electron chi connectivity index (χ1n) is 7.29. The summed E-state index contributed by atoms with van der Waals surface area (Å²) in [6, 6.07) is 4.29. The standard InChI is InChI=1S/C15H13F3N2O4S/c16-10-3-4-12(14(18)13(10)17)25(22,23)20-7-5-19(6-8-20)15(21)11-2-1-9-24-11/h1-4,9H,5-8H2. The third-order valence-electron chi connectivity index (χ3n) is 3.88. The Kier molecular flexibility index (Phi) is 4.56. The Morgan fingerprint density at radius 2 is 1.68 bits per heavy atom. The summed E-state index contributed by atoms with van der Waals surface area (Å²) in [6.45, 7) is -0.0887. The Morgan fingerprint density at radius 1 is 1.00 bits per heavy atom. The number of rotatable bonds is 3. The van der Waals surface area contributed by atoms with Gasteiger partial charge in [0.2, 0.25) is 10.0 Å². The van der Waals surface area contributed by atoms with Crippen molar-refractivity contribution in [3.8, 4) is 0 Å². The molecule has 25 heavy (non-hydrogen) atoms. The molecule has 0 spiro atoms. The normalized spacial score (nSPS) is 16.2. The van der Waals surface area contributed by atoms with Gasteiger partial charge in [-0.05, 0) is 24.3 Å². The van der Waals surface area contributed by atoms with Crippen LogP contribution in [-0.2, 0) is 10.0 Å². The minimum Gasteiger partial charge on any atom is -0.459 e. The molecule has 134 valence electrons. The van der Waals surface area contributed by atoms with E-state index in [0.29, 0.717) is 12.1 Å². The number of piperazine rings is 1. The highest BCUT2D eigenvalue weighted by Crippen LogP contribution is 2.24. The van der Waals surface area contributed by atoms with Crippen LogP contribution in [0.15, 0.2) is 39.8 Å². The van der Waals surface area contributed by atoms with Crippen LogP contribution in [0.2, 0.25) is 0 Å². The van der Waals surface area contributed by atoms with Gasteiger partial charge in [0, 0.05) is 26.2 Å². The molecule has 1 amide bonds. The maximum Gasteiger partial charge on any atom is 0.289 e. The minimum absolute atomic E-state index is 0.0596. The van der Waals surface area contributed by atoms with E-state index in [1.165, 1.54) is 17.2 Å². The second-order valence-electron chi connectivity index (χ2n) is 5.35. The van der Waals surface area contributed by atoms with Crippen molar-refractivity contribution in [2.75, 3.05) is 26.2 Å². The molecule has 6 nitrogen and oxygen atoms in total. The van der Waals surface area contributed by atoms with E-state index in [9.17, 15) is 26.4 Å². The quantitative estimate of drug-likeness (QED) is 0.769. The fraction of sp³-hybridized carbons (Fsp3) is 0.267. The first kappa shape index (κ1) is 17.5. The van der Waals surface area contributed by atoms with Crippen LogP contribution in [0.25, 0.3) is 0 Å². The maximum atomic E-state index is 13.8. The lowest BCUT2D eigenvalue weighted by atomic mass is 10.3. The fourth-order valence-corrected chi connectivity index (χ4v) is 4.01. The molecule has 1 fully saturated rings. The molecular weight excluding hydrogens is 361 g/mol. The van der Waals surface area contributed by atoms with Gasteiger partial charge in [-0.25, -0.2) is 21.6 Å². The Morgan fingerprint density at radius 3 is 2.28 bits per heavy atom. The van der Waals surface area contributed by atoms with Crippen molar-refractivity contribution in [2.24, 2.45) is 0 Å². The smallest absolute Gasteiger partial charge is 0.289 e. The van der Waals surface area contributed by atoms with Crippen LogP contribution < -0.4 is 0 Å². The topological polar surface area (TPSA) is 70.8 Å². The van der Waals surface area contributed by atoms with E-state index in [0.717, 1.165) is 4.31 Å². The highest BCUT2D eigenvalue weighted by molar-refractivity contribution is 7.89. The third-order valence-corrected chi connectivity index (χ3v) is 5.79. The number of sulfonamides is 1. The number of carbonyl (C=O) groups excluding carboxylic acids is 1. The van der Waals surface area contributed by atoms with E-state index in [2.05, 4.69) is 0 Å². The molecule has 0 saturated carbocycles. The molecule has 1 aromatic carbocycles. The van der Waals surface area contributed by atoms with Crippen molar-refractivity contribution in [1.29, 1.82) is 0 Å². The predicted octanol–water partition coefficient (Wildman–Crippen LogP) is 1.84. The summed E-state index contributed by atoms with van der Waals surface area (Å²) in [5, 5.41) is 0. The number of amides is 1. The second kappa shape index (κ2) is 6.52. The van der Waals surface area contributed by atoms with E-state index in [1.807, 2.05) is 0 Å². The molecule has 0 unspecified atom stereocenters. The van der Waals surface area contributed by atoms with E-state index < -0.39 is 32.4 Å². The van der Waals surface area contributed by atoms with Gasteiger partial charge in [-0.1, -0.05) is 0 Å². The zero-order valence-corrected chi connectivity index (χ0v) is 13.6. The van der Waals surface area contributed by atoms with Gasteiger partial charge in [0.15, 0.2) is 23.2 Å². The summed E-state index contributed by atoms with van der Waals surface area (Å²) in [5.74, 6) is -5.32. The van der Waals surface area contributed by atoms with Gasteiger partial charge < -0.3 is 9.32 Å². The van der Waals surface area contributed by atoms with E-state index >= 15 is 0 Å². The molecule has 1 aromatic heterocycles. The first-order chi connectivity index (χ1) is 11.8. The molecule has 3 rings (SSSR count). The lowest BCUT2D eigenvalue weighted by Crippen LogP contribution is -2.50. The average Bonchev–Trinajstić information content (AvgIpc) is 3.13. The van der Waals surface area contributed by atoms with Gasteiger partial charge in [0.05, 0.1) is 6.26 Å². The van der Waals surface area contributed by atoms with Crippen molar-refractivity contribution in [3.05, 3.63) is 53.7 Å². The predicted molar refractivity (Wildman–Crippen MR) is 79.7 cm³/mol. The summed E-state index contributed by atoms with van der Waals surface area (Å²) in [5.41, 5.74) is 0. The number of benzene rings is 1. The largest absolute Gasteiger partial charge is 0.459 e. The number of carbonyl (C=O) groups is 1. The molecule has 2 heterocycles. The molecule has 1 aliphatic rings. The van der Waals surface area contributed by atoms with Gasteiger partial charge >= 0.3 is 0 Å². The van der Waals surface area contributed by atoms with Gasteiger partial charge in [0.25, 0.3) is 5.91 Å². The zero-order chi connectivity index (χ0) is 18.2.